The molecule has 0 spiro atoms. The van der Waals surface area contributed by atoms with E-state index in [9.17, 15) is 4.39 Å². The zero-order chi connectivity index (χ0) is 14.5. The van der Waals surface area contributed by atoms with Crippen molar-refractivity contribution in [3.63, 3.8) is 0 Å². The van der Waals surface area contributed by atoms with Crippen LogP contribution in [0, 0.1) is 5.82 Å². The van der Waals surface area contributed by atoms with Gasteiger partial charge in [0.15, 0.2) is 11.6 Å². The van der Waals surface area contributed by atoms with Crippen LogP contribution in [0.2, 0.25) is 5.02 Å². The lowest BCUT2D eigenvalue weighted by Crippen LogP contribution is -2.30. The number of hydrogen-bond acceptors (Lipinski definition) is 3. The summed E-state index contributed by atoms with van der Waals surface area (Å²) in [7, 11) is 1.43. The molecule has 0 aliphatic carbocycles. The second-order valence-electron chi connectivity index (χ2n) is 4.38. The Balaban J connectivity index is 2.32. The summed E-state index contributed by atoms with van der Waals surface area (Å²) in [6.45, 7) is 0. The maximum atomic E-state index is 14.3. The fraction of sp³-hybridized carbons (Fsp3) is 0.200. The van der Waals surface area contributed by atoms with E-state index in [1.54, 1.807) is 24.3 Å². The van der Waals surface area contributed by atoms with Crippen molar-refractivity contribution in [3.05, 3.63) is 64.4 Å². The number of ether oxygens (including phenoxy) is 1. The summed E-state index contributed by atoms with van der Waals surface area (Å²) in [5.74, 6) is 5.35. The van der Waals surface area contributed by atoms with Gasteiger partial charge in [-0.15, -0.1) is 0 Å². The molecule has 0 radical (unpaired) electrons. The molecule has 0 saturated carbocycles. The molecule has 0 aliphatic rings. The summed E-state index contributed by atoms with van der Waals surface area (Å²) in [6.07, 6.45) is 0.486. The third-order valence-electron chi connectivity index (χ3n) is 3.17. The van der Waals surface area contributed by atoms with Gasteiger partial charge in [-0.25, -0.2) is 4.39 Å². The van der Waals surface area contributed by atoms with Crippen molar-refractivity contribution in [2.24, 2.45) is 5.84 Å². The lowest BCUT2D eigenvalue weighted by molar-refractivity contribution is 0.379. The first-order valence-corrected chi connectivity index (χ1v) is 6.57. The number of hydrogen-bond donors (Lipinski definition) is 2. The van der Waals surface area contributed by atoms with Crippen LogP contribution >= 0.6 is 11.6 Å². The Kier molecular flexibility index (Phi) is 4.95. The van der Waals surface area contributed by atoms with Crippen LogP contribution in [0.4, 0.5) is 4.39 Å². The minimum atomic E-state index is -0.412. The van der Waals surface area contributed by atoms with Gasteiger partial charge in [0.05, 0.1) is 13.2 Å². The average molecular weight is 295 g/mol. The number of halogens is 2. The van der Waals surface area contributed by atoms with Crippen LogP contribution in [-0.2, 0) is 6.42 Å². The second-order valence-corrected chi connectivity index (χ2v) is 4.79. The van der Waals surface area contributed by atoms with Gasteiger partial charge in [-0.3, -0.25) is 11.3 Å². The Morgan fingerprint density at radius 3 is 2.65 bits per heavy atom. The highest BCUT2D eigenvalue weighted by molar-refractivity contribution is 6.31. The predicted molar refractivity (Wildman–Crippen MR) is 78.2 cm³/mol. The van der Waals surface area contributed by atoms with Gasteiger partial charge in [-0.1, -0.05) is 41.9 Å². The van der Waals surface area contributed by atoms with E-state index >= 15 is 0 Å². The van der Waals surface area contributed by atoms with Crippen molar-refractivity contribution < 1.29 is 9.13 Å². The highest BCUT2D eigenvalue weighted by Crippen LogP contribution is 2.28. The molecule has 2 rings (SSSR count). The Hall–Kier alpha value is -1.62. The van der Waals surface area contributed by atoms with E-state index in [1.165, 1.54) is 7.11 Å². The van der Waals surface area contributed by atoms with E-state index in [4.69, 9.17) is 22.2 Å². The molecule has 1 unspecified atom stereocenters. The van der Waals surface area contributed by atoms with Crippen LogP contribution < -0.4 is 16.0 Å². The molecule has 0 bridgehead atoms. The van der Waals surface area contributed by atoms with Gasteiger partial charge in [-0.05, 0) is 24.1 Å². The molecule has 0 saturated heterocycles. The van der Waals surface area contributed by atoms with E-state index in [2.05, 4.69) is 5.43 Å². The quantitative estimate of drug-likeness (QED) is 0.657. The van der Waals surface area contributed by atoms with Crippen molar-refractivity contribution in [2.45, 2.75) is 12.5 Å². The summed E-state index contributed by atoms with van der Waals surface area (Å²) < 4.78 is 19.2. The van der Waals surface area contributed by atoms with Gasteiger partial charge in [-0.2, -0.15) is 0 Å². The summed E-state index contributed by atoms with van der Waals surface area (Å²) in [5, 5.41) is 0.635. The largest absolute Gasteiger partial charge is 0.494 e. The first-order chi connectivity index (χ1) is 9.67. The van der Waals surface area contributed by atoms with Crippen molar-refractivity contribution in [1.29, 1.82) is 0 Å². The van der Waals surface area contributed by atoms with E-state index in [0.717, 1.165) is 5.56 Å². The minimum Gasteiger partial charge on any atom is -0.494 e. The lowest BCUT2D eigenvalue weighted by Gasteiger charge is -2.18. The van der Waals surface area contributed by atoms with Crippen LogP contribution in [0.15, 0.2) is 42.5 Å². The zero-order valence-corrected chi connectivity index (χ0v) is 11.8. The van der Waals surface area contributed by atoms with Crippen LogP contribution in [0.1, 0.15) is 17.2 Å². The summed E-state index contributed by atoms with van der Waals surface area (Å²) in [6, 6.07) is 12.0. The van der Waals surface area contributed by atoms with Gasteiger partial charge in [0.25, 0.3) is 0 Å². The molecule has 0 aliphatic heterocycles. The molecule has 5 heteroatoms. The molecule has 3 N–H and O–H groups in total. The minimum absolute atomic E-state index is 0.196. The number of rotatable bonds is 5. The Labute approximate surface area is 122 Å². The Morgan fingerprint density at radius 2 is 2.00 bits per heavy atom. The monoisotopic (exact) mass is 294 g/mol. The molecular formula is C15H16ClFN2O. The first-order valence-electron chi connectivity index (χ1n) is 6.19. The van der Waals surface area contributed by atoms with E-state index in [-0.39, 0.29) is 11.8 Å². The molecule has 2 aromatic carbocycles. The van der Waals surface area contributed by atoms with Crippen LogP contribution in [0.5, 0.6) is 5.75 Å². The van der Waals surface area contributed by atoms with Crippen molar-refractivity contribution in [1.82, 2.24) is 5.43 Å². The van der Waals surface area contributed by atoms with Crippen LogP contribution in [0.25, 0.3) is 0 Å². The van der Waals surface area contributed by atoms with Gasteiger partial charge in [0.1, 0.15) is 0 Å². The molecular weight excluding hydrogens is 279 g/mol. The fourth-order valence-corrected chi connectivity index (χ4v) is 2.31. The fourth-order valence-electron chi connectivity index (χ4n) is 2.10. The normalized spacial score (nSPS) is 12.2. The molecule has 0 amide bonds. The molecule has 2 aromatic rings. The van der Waals surface area contributed by atoms with E-state index in [0.29, 0.717) is 17.0 Å². The predicted octanol–water partition coefficient (Wildman–Crippen LogP) is 3.23. The first kappa shape index (κ1) is 14.8. The van der Waals surface area contributed by atoms with Crippen LogP contribution in [-0.4, -0.2) is 7.11 Å². The molecule has 3 nitrogen and oxygen atoms in total. The molecule has 0 heterocycles. The molecule has 0 aromatic heterocycles. The van der Waals surface area contributed by atoms with Crippen molar-refractivity contribution in [3.8, 4) is 5.75 Å². The second kappa shape index (κ2) is 6.70. The number of methoxy groups -OCH3 is 1. The molecule has 1 atom stereocenters. The molecule has 20 heavy (non-hydrogen) atoms. The third kappa shape index (κ3) is 3.10. The Bertz CT molecular complexity index is 592. The molecule has 106 valence electrons. The van der Waals surface area contributed by atoms with Gasteiger partial charge in [0, 0.05) is 10.6 Å². The van der Waals surface area contributed by atoms with E-state index < -0.39 is 5.82 Å². The highest BCUT2D eigenvalue weighted by Gasteiger charge is 2.18. The summed E-state index contributed by atoms with van der Waals surface area (Å²) in [5.41, 5.74) is 3.98. The number of hydrazine groups is 1. The standard InChI is InChI=1S/C15H16ClFN2O/c1-20-14-8-4-6-11(15(14)17)13(19-18)9-10-5-2-3-7-12(10)16/h2-8,13,19H,9,18H2,1H3. The topological polar surface area (TPSA) is 47.3 Å². The smallest absolute Gasteiger partial charge is 0.169 e. The van der Waals surface area contributed by atoms with Gasteiger partial charge >= 0.3 is 0 Å². The number of nitrogens with one attached hydrogen (secondary N) is 1. The van der Waals surface area contributed by atoms with Crippen molar-refractivity contribution >= 4 is 11.6 Å². The Morgan fingerprint density at radius 1 is 1.25 bits per heavy atom. The lowest BCUT2D eigenvalue weighted by atomic mass is 9.98. The zero-order valence-electron chi connectivity index (χ0n) is 11.1. The third-order valence-corrected chi connectivity index (χ3v) is 3.54. The maximum absolute atomic E-state index is 14.3. The van der Waals surface area contributed by atoms with E-state index in [1.807, 2.05) is 18.2 Å². The highest BCUT2D eigenvalue weighted by atomic mass is 35.5. The van der Waals surface area contributed by atoms with Crippen molar-refractivity contribution in [2.75, 3.05) is 7.11 Å². The molecule has 0 fully saturated rings. The summed E-state index contributed by atoms with van der Waals surface area (Å²) in [4.78, 5) is 0. The number of nitrogens with two attached hydrogens (primary N) is 1. The summed E-state index contributed by atoms with van der Waals surface area (Å²) >= 11 is 6.12. The number of benzene rings is 2. The maximum Gasteiger partial charge on any atom is 0.169 e. The SMILES string of the molecule is COc1cccc(C(Cc2ccccc2Cl)NN)c1F. The average Bonchev–Trinajstić information content (AvgIpc) is 2.47. The van der Waals surface area contributed by atoms with Crippen LogP contribution in [0.3, 0.4) is 0 Å². The van der Waals surface area contributed by atoms with Gasteiger partial charge in [0.2, 0.25) is 0 Å². The van der Waals surface area contributed by atoms with Gasteiger partial charge < -0.3 is 4.74 Å².